The van der Waals surface area contributed by atoms with Crippen LogP contribution in [0.5, 0.6) is 0 Å². The van der Waals surface area contributed by atoms with Gasteiger partial charge in [-0.05, 0) is 25.0 Å². The molecule has 1 saturated heterocycles. The van der Waals surface area contributed by atoms with E-state index in [2.05, 4.69) is 20.4 Å². The molecular formula is C21H19F2N7O. The Balaban J connectivity index is 1.48. The van der Waals surface area contributed by atoms with Crippen LogP contribution in [0.4, 0.5) is 20.3 Å². The second-order valence-corrected chi connectivity index (χ2v) is 7.42. The van der Waals surface area contributed by atoms with Crippen molar-refractivity contribution < 1.29 is 13.6 Å². The highest BCUT2D eigenvalue weighted by Crippen LogP contribution is 2.37. The Labute approximate surface area is 176 Å². The number of imidazole rings is 1. The third kappa shape index (κ3) is 3.29. The smallest absolute Gasteiger partial charge is 0.291 e. The summed E-state index contributed by atoms with van der Waals surface area (Å²) in [5.74, 6) is -1.20. The zero-order valence-corrected chi connectivity index (χ0v) is 16.7. The summed E-state index contributed by atoms with van der Waals surface area (Å²) >= 11 is 0. The van der Waals surface area contributed by atoms with Crippen LogP contribution in [0.25, 0.3) is 5.65 Å². The first-order valence-corrected chi connectivity index (χ1v) is 9.86. The number of anilines is 2. The number of carbonyl (C=O) groups is 1. The van der Waals surface area contributed by atoms with Crippen LogP contribution < -0.4 is 10.2 Å². The molecule has 1 atom stereocenters. The number of benzene rings is 1. The van der Waals surface area contributed by atoms with Crippen LogP contribution in [-0.4, -0.2) is 36.6 Å². The van der Waals surface area contributed by atoms with Gasteiger partial charge in [-0.3, -0.25) is 4.79 Å². The minimum atomic E-state index is -0.858. The van der Waals surface area contributed by atoms with E-state index in [1.165, 1.54) is 12.3 Å². The Hall–Kier alpha value is -3.82. The van der Waals surface area contributed by atoms with Gasteiger partial charge in [0.15, 0.2) is 23.1 Å². The molecule has 10 heteroatoms. The normalized spacial score (nSPS) is 16.2. The van der Waals surface area contributed by atoms with Gasteiger partial charge in [-0.25, -0.2) is 23.3 Å². The minimum Gasteiger partial charge on any atom is -0.349 e. The zero-order valence-electron chi connectivity index (χ0n) is 16.7. The van der Waals surface area contributed by atoms with Crippen molar-refractivity contribution in [2.24, 2.45) is 7.05 Å². The standard InChI is InChI=1S/C21H19F2N7O/c1-28-11-8-24-20(28)21(31)26-15-12-25-30-10-7-17(27-19(15)30)29-9-3-6-16(29)13-4-2-5-14(22)18(13)23/h2,4-5,7-8,10-12,16H,3,6,9H2,1H3,(H,26,31). The molecule has 3 aromatic heterocycles. The van der Waals surface area contributed by atoms with Gasteiger partial charge in [0.1, 0.15) is 11.5 Å². The summed E-state index contributed by atoms with van der Waals surface area (Å²) in [6, 6.07) is 5.70. The molecular weight excluding hydrogens is 404 g/mol. The van der Waals surface area contributed by atoms with E-state index in [0.29, 0.717) is 35.7 Å². The molecule has 158 valence electrons. The number of carbonyl (C=O) groups excluding carboxylic acids is 1. The lowest BCUT2D eigenvalue weighted by Gasteiger charge is -2.26. The van der Waals surface area contributed by atoms with Gasteiger partial charge >= 0.3 is 0 Å². The van der Waals surface area contributed by atoms with Gasteiger partial charge in [-0.1, -0.05) is 12.1 Å². The molecule has 8 nitrogen and oxygen atoms in total. The number of nitrogens with zero attached hydrogens (tertiary/aromatic N) is 6. The van der Waals surface area contributed by atoms with Crippen LogP contribution in [0.2, 0.25) is 0 Å². The molecule has 1 N–H and O–H groups in total. The number of aryl methyl sites for hydroxylation is 1. The van der Waals surface area contributed by atoms with E-state index in [4.69, 9.17) is 0 Å². The van der Waals surface area contributed by atoms with Crippen molar-refractivity contribution in [2.45, 2.75) is 18.9 Å². The molecule has 0 radical (unpaired) electrons. The van der Waals surface area contributed by atoms with Gasteiger partial charge in [0.2, 0.25) is 0 Å². The number of halogens is 2. The minimum absolute atomic E-state index is 0.261. The number of nitrogens with one attached hydrogen (secondary N) is 1. The van der Waals surface area contributed by atoms with Crippen molar-refractivity contribution in [3.8, 4) is 0 Å². The van der Waals surface area contributed by atoms with E-state index in [0.717, 1.165) is 12.5 Å². The third-order valence-electron chi connectivity index (χ3n) is 5.51. The largest absolute Gasteiger partial charge is 0.349 e. The van der Waals surface area contributed by atoms with Crippen molar-refractivity contribution in [3.63, 3.8) is 0 Å². The van der Waals surface area contributed by atoms with Gasteiger partial charge in [0.05, 0.1) is 12.2 Å². The van der Waals surface area contributed by atoms with E-state index >= 15 is 0 Å². The van der Waals surface area contributed by atoms with E-state index < -0.39 is 11.6 Å². The lowest BCUT2D eigenvalue weighted by Crippen LogP contribution is -2.25. The van der Waals surface area contributed by atoms with Gasteiger partial charge < -0.3 is 14.8 Å². The van der Waals surface area contributed by atoms with Gasteiger partial charge in [-0.2, -0.15) is 5.10 Å². The summed E-state index contributed by atoms with van der Waals surface area (Å²) in [5, 5.41) is 7.02. The first-order valence-electron chi connectivity index (χ1n) is 9.86. The fraction of sp³-hybridized carbons (Fsp3) is 0.238. The van der Waals surface area contributed by atoms with Crippen LogP contribution in [0.1, 0.15) is 35.1 Å². The monoisotopic (exact) mass is 423 g/mol. The molecule has 0 bridgehead atoms. The van der Waals surface area contributed by atoms with Crippen molar-refractivity contribution in [2.75, 3.05) is 16.8 Å². The number of fused-ring (bicyclic) bond motifs is 1. The molecule has 0 saturated carbocycles. The molecule has 4 heterocycles. The number of aromatic nitrogens is 5. The molecule has 5 rings (SSSR count). The van der Waals surface area contributed by atoms with Crippen LogP contribution >= 0.6 is 0 Å². The molecule has 1 aromatic carbocycles. The highest BCUT2D eigenvalue weighted by atomic mass is 19.2. The third-order valence-corrected chi connectivity index (χ3v) is 5.51. The maximum absolute atomic E-state index is 14.4. The highest BCUT2D eigenvalue weighted by Gasteiger charge is 2.30. The predicted octanol–water partition coefficient (Wildman–Crippen LogP) is 3.33. The fourth-order valence-electron chi connectivity index (χ4n) is 4.01. The molecule has 1 aliphatic heterocycles. The quantitative estimate of drug-likeness (QED) is 0.545. The van der Waals surface area contributed by atoms with Crippen LogP contribution in [0, 0.1) is 11.6 Å². The molecule has 31 heavy (non-hydrogen) atoms. The average molecular weight is 423 g/mol. The van der Waals surface area contributed by atoms with E-state index in [9.17, 15) is 13.6 Å². The van der Waals surface area contributed by atoms with Gasteiger partial charge in [0, 0.05) is 37.7 Å². The molecule has 1 unspecified atom stereocenters. The summed E-state index contributed by atoms with van der Waals surface area (Å²) in [6.45, 7) is 0.660. The number of hydrogen-bond acceptors (Lipinski definition) is 5. The number of hydrogen-bond donors (Lipinski definition) is 1. The lowest BCUT2D eigenvalue weighted by atomic mass is 10.0. The number of amides is 1. The second-order valence-electron chi connectivity index (χ2n) is 7.42. The Morgan fingerprint density at radius 3 is 2.90 bits per heavy atom. The molecule has 0 spiro atoms. The number of rotatable bonds is 4. The maximum atomic E-state index is 14.4. The molecule has 4 aromatic rings. The summed E-state index contributed by atoms with van der Waals surface area (Å²) in [4.78, 5) is 23.2. The Kier molecular flexibility index (Phi) is 4.61. The molecule has 1 fully saturated rings. The van der Waals surface area contributed by atoms with E-state index in [1.807, 2.05) is 4.90 Å². The zero-order chi connectivity index (χ0) is 21.5. The Morgan fingerprint density at radius 1 is 1.23 bits per heavy atom. The first-order chi connectivity index (χ1) is 15.0. The maximum Gasteiger partial charge on any atom is 0.291 e. The summed E-state index contributed by atoms with van der Waals surface area (Å²) in [7, 11) is 1.73. The van der Waals surface area contributed by atoms with Crippen molar-refractivity contribution in [1.29, 1.82) is 0 Å². The first kappa shape index (κ1) is 19.2. The Bertz CT molecular complexity index is 1280. The second kappa shape index (κ2) is 7.46. The van der Waals surface area contributed by atoms with Crippen molar-refractivity contribution in [3.05, 3.63) is 72.1 Å². The summed E-state index contributed by atoms with van der Waals surface area (Å²) in [6.07, 6.45) is 7.98. The van der Waals surface area contributed by atoms with Crippen molar-refractivity contribution in [1.82, 2.24) is 24.1 Å². The predicted molar refractivity (Wildman–Crippen MR) is 110 cm³/mol. The van der Waals surface area contributed by atoms with Gasteiger partial charge in [0.25, 0.3) is 5.91 Å². The highest BCUT2D eigenvalue weighted by molar-refractivity contribution is 6.03. The lowest BCUT2D eigenvalue weighted by molar-refractivity contribution is 0.101. The van der Waals surface area contributed by atoms with Crippen LogP contribution in [0.15, 0.2) is 49.1 Å². The summed E-state index contributed by atoms with van der Waals surface area (Å²) in [5.41, 5.74) is 1.20. The fourth-order valence-corrected chi connectivity index (χ4v) is 4.01. The SMILES string of the molecule is Cn1ccnc1C(=O)Nc1cnn2ccc(N3CCCC3c3cccc(F)c3F)nc12. The topological polar surface area (TPSA) is 80.3 Å². The van der Waals surface area contributed by atoms with E-state index in [1.54, 1.807) is 46.9 Å². The van der Waals surface area contributed by atoms with Crippen LogP contribution in [-0.2, 0) is 7.05 Å². The molecule has 1 amide bonds. The van der Waals surface area contributed by atoms with Crippen molar-refractivity contribution >= 4 is 23.1 Å². The van der Waals surface area contributed by atoms with Crippen LogP contribution in [0.3, 0.4) is 0 Å². The van der Waals surface area contributed by atoms with E-state index in [-0.39, 0.29) is 17.8 Å². The average Bonchev–Trinajstić information content (AvgIpc) is 3.50. The molecule has 0 aliphatic carbocycles. The Morgan fingerprint density at radius 2 is 2.10 bits per heavy atom. The molecule has 1 aliphatic rings. The summed E-state index contributed by atoms with van der Waals surface area (Å²) < 4.78 is 31.4. The van der Waals surface area contributed by atoms with Gasteiger partial charge in [-0.15, -0.1) is 0 Å².